The Morgan fingerprint density at radius 3 is 2.58 bits per heavy atom. The summed E-state index contributed by atoms with van der Waals surface area (Å²) in [6, 6.07) is 0. The third-order valence-electron chi connectivity index (χ3n) is 8.89. The second kappa shape index (κ2) is 7.77. The van der Waals surface area contributed by atoms with Crippen LogP contribution in [0, 0.1) is 28.6 Å². The number of hydrogen-bond acceptors (Lipinski definition) is 6. The first kappa shape index (κ1) is 24.6. The molecule has 0 unspecified atom stereocenters. The van der Waals surface area contributed by atoms with Crippen LogP contribution in [0.25, 0.3) is 0 Å². The molecule has 180 valence electrons. The summed E-state index contributed by atoms with van der Waals surface area (Å²) in [6.45, 7) is 6.43. The van der Waals surface area contributed by atoms with Crippen LogP contribution in [0.4, 0.5) is 0 Å². The lowest BCUT2D eigenvalue weighted by Crippen LogP contribution is -2.67. The number of aliphatic hydroxyl groups is 2. The fraction of sp³-hybridized carbons (Fsp3) is 0.640. The fourth-order valence-corrected chi connectivity index (χ4v) is 8.18. The van der Waals surface area contributed by atoms with Gasteiger partial charge in [0, 0.05) is 28.7 Å². The Morgan fingerprint density at radius 2 is 1.97 bits per heavy atom. The Labute approximate surface area is 203 Å². The zero-order valence-corrected chi connectivity index (χ0v) is 20.7. The molecule has 0 spiro atoms. The number of esters is 1. The molecule has 4 aliphatic carbocycles. The Kier molecular flexibility index (Phi) is 5.80. The maximum Gasteiger partial charge on any atom is 0.310 e. The quantitative estimate of drug-likeness (QED) is 0.456. The number of ether oxygens (including phenoxy) is 1. The van der Waals surface area contributed by atoms with E-state index in [1.54, 1.807) is 26.0 Å². The highest BCUT2D eigenvalue weighted by Crippen LogP contribution is 2.71. The van der Waals surface area contributed by atoms with E-state index in [1.165, 1.54) is 12.2 Å². The molecule has 4 rings (SSSR count). The molecule has 0 aromatic carbocycles. The van der Waals surface area contributed by atoms with Gasteiger partial charge in [0.15, 0.2) is 11.6 Å². The van der Waals surface area contributed by atoms with Gasteiger partial charge in [-0.1, -0.05) is 33.8 Å². The summed E-state index contributed by atoms with van der Waals surface area (Å²) >= 11 is 14.5. The topological polar surface area (TPSA) is 101 Å². The second-order valence-electron chi connectivity index (χ2n) is 10.3. The number of hydrogen-bond donors (Lipinski definition) is 2. The van der Waals surface area contributed by atoms with Gasteiger partial charge in [-0.2, -0.15) is 0 Å². The first-order chi connectivity index (χ1) is 15.3. The van der Waals surface area contributed by atoms with Crippen molar-refractivity contribution in [2.45, 2.75) is 62.8 Å². The van der Waals surface area contributed by atoms with E-state index in [0.717, 1.165) is 0 Å². The van der Waals surface area contributed by atoms with Crippen molar-refractivity contribution in [3.05, 3.63) is 35.6 Å². The van der Waals surface area contributed by atoms with E-state index in [-0.39, 0.29) is 30.3 Å². The van der Waals surface area contributed by atoms with Gasteiger partial charge in [0.05, 0.1) is 10.3 Å². The van der Waals surface area contributed by atoms with Crippen molar-refractivity contribution in [3.8, 4) is 0 Å². The molecule has 8 atom stereocenters. The van der Waals surface area contributed by atoms with Gasteiger partial charge in [0.1, 0.15) is 18.0 Å². The highest BCUT2D eigenvalue weighted by atomic mass is 35.5. The summed E-state index contributed by atoms with van der Waals surface area (Å²) < 4.78 is 5.68. The minimum Gasteiger partial charge on any atom is -0.427 e. The number of aliphatic hydroxyl groups excluding tert-OH is 1. The van der Waals surface area contributed by atoms with E-state index < -0.39 is 56.9 Å². The largest absolute Gasteiger partial charge is 0.427 e. The van der Waals surface area contributed by atoms with Crippen molar-refractivity contribution in [2.24, 2.45) is 28.6 Å². The van der Waals surface area contributed by atoms with Gasteiger partial charge < -0.3 is 14.9 Å². The molecule has 0 aromatic rings. The third-order valence-corrected chi connectivity index (χ3v) is 10.4. The fourth-order valence-electron chi connectivity index (χ4n) is 7.03. The molecular formula is C25H30Cl2O6. The summed E-state index contributed by atoms with van der Waals surface area (Å²) in [4.78, 5) is 36.2. The summed E-state index contributed by atoms with van der Waals surface area (Å²) in [7, 11) is 0. The summed E-state index contributed by atoms with van der Waals surface area (Å²) in [6.07, 6.45) is 7.27. The molecule has 2 fully saturated rings. The highest BCUT2D eigenvalue weighted by molar-refractivity contribution is 6.34. The molecule has 2 saturated carbocycles. The molecule has 0 radical (unpaired) electrons. The highest BCUT2D eigenvalue weighted by Gasteiger charge is 2.74. The maximum absolute atomic E-state index is 12.8. The predicted octanol–water partition coefficient (Wildman–Crippen LogP) is 3.47. The maximum atomic E-state index is 12.8. The Balaban J connectivity index is 1.94. The van der Waals surface area contributed by atoms with Gasteiger partial charge in [-0.05, 0) is 42.9 Å². The second-order valence-corrected chi connectivity index (χ2v) is 11.5. The molecule has 0 saturated heterocycles. The molecule has 0 aliphatic heterocycles. The molecule has 4 aliphatic rings. The van der Waals surface area contributed by atoms with Crippen molar-refractivity contribution in [3.63, 3.8) is 0 Å². The van der Waals surface area contributed by atoms with E-state index >= 15 is 0 Å². The van der Waals surface area contributed by atoms with Gasteiger partial charge in [0.2, 0.25) is 0 Å². The lowest BCUT2D eigenvalue weighted by atomic mass is 9.47. The number of halogens is 2. The van der Waals surface area contributed by atoms with Crippen molar-refractivity contribution in [1.82, 2.24) is 0 Å². The average molecular weight is 497 g/mol. The average Bonchev–Trinajstić information content (AvgIpc) is 2.97. The summed E-state index contributed by atoms with van der Waals surface area (Å²) in [5.74, 6) is -2.21. The van der Waals surface area contributed by atoms with Crippen LogP contribution in [0.15, 0.2) is 35.6 Å². The number of carbonyl (C=O) groups is 3. The molecular weight excluding hydrogens is 467 g/mol. The minimum absolute atomic E-state index is 0.156. The summed E-state index contributed by atoms with van der Waals surface area (Å²) in [5.41, 5.74) is -3.14. The predicted molar refractivity (Wildman–Crippen MR) is 124 cm³/mol. The van der Waals surface area contributed by atoms with Crippen LogP contribution in [-0.2, 0) is 19.1 Å². The number of fused-ring (bicyclic) bond motifs is 5. The van der Waals surface area contributed by atoms with Crippen LogP contribution in [-0.4, -0.2) is 50.2 Å². The van der Waals surface area contributed by atoms with Crippen LogP contribution in [0.3, 0.4) is 0 Å². The monoisotopic (exact) mass is 496 g/mol. The lowest BCUT2D eigenvalue weighted by Gasteiger charge is -2.62. The molecule has 0 heterocycles. The SMILES string of the molecule is CCC(=O)OC1=C[C@H]2[C@@H]3C[C@@H](C)[C@](O)(C(=O)CO)[C@@]3(C)C[C@H](Cl)[C@]2(Cl)[C@@]2(C)C=CC(=O)C=C12. The number of rotatable bonds is 4. The molecule has 2 N–H and O–H groups in total. The smallest absolute Gasteiger partial charge is 0.310 e. The lowest BCUT2D eigenvalue weighted by molar-refractivity contribution is -0.165. The molecule has 0 aromatic heterocycles. The van der Waals surface area contributed by atoms with Crippen LogP contribution >= 0.6 is 23.2 Å². The Hall–Kier alpha value is -1.47. The Bertz CT molecular complexity index is 1020. The van der Waals surface area contributed by atoms with E-state index in [4.69, 9.17) is 27.9 Å². The molecule has 0 amide bonds. The van der Waals surface area contributed by atoms with E-state index in [2.05, 4.69) is 0 Å². The number of allylic oxidation sites excluding steroid dienone is 5. The van der Waals surface area contributed by atoms with Crippen molar-refractivity contribution >= 4 is 40.7 Å². The van der Waals surface area contributed by atoms with Crippen LogP contribution in [0.1, 0.15) is 47.0 Å². The number of ketones is 2. The number of alkyl halides is 2. The summed E-state index contributed by atoms with van der Waals surface area (Å²) in [5, 5.41) is 20.6. The number of carbonyl (C=O) groups excluding carboxylic acids is 3. The van der Waals surface area contributed by atoms with Crippen LogP contribution in [0.5, 0.6) is 0 Å². The van der Waals surface area contributed by atoms with Crippen LogP contribution < -0.4 is 0 Å². The minimum atomic E-state index is -1.76. The van der Waals surface area contributed by atoms with E-state index in [0.29, 0.717) is 12.0 Å². The zero-order valence-electron chi connectivity index (χ0n) is 19.2. The van der Waals surface area contributed by atoms with E-state index in [9.17, 15) is 24.6 Å². The first-order valence-electron chi connectivity index (χ1n) is 11.4. The van der Waals surface area contributed by atoms with E-state index in [1.807, 2.05) is 13.8 Å². The number of Topliss-reactive ketones (excluding diaryl/α,β-unsaturated/α-hetero) is 1. The van der Waals surface area contributed by atoms with Gasteiger partial charge in [-0.25, -0.2) is 0 Å². The van der Waals surface area contributed by atoms with Crippen molar-refractivity contribution < 1.29 is 29.3 Å². The standard InChI is InChI=1S/C25H30Cl2O6/c1-5-21(31)33-18-10-16-15-8-13(2)25(32,20(30)12-28)23(15,4)11-19(26)24(16,27)22(3)7-6-14(29)9-17(18)22/h6-7,9-10,13,15-16,19,28,32H,5,8,11-12H2,1-4H3/t13-,15+,16+,19+,22+,23+,24+,25+/m1/s1. The third kappa shape index (κ3) is 2.97. The molecule has 0 bridgehead atoms. The zero-order chi connectivity index (χ0) is 24.6. The normalized spacial score (nSPS) is 46.0. The van der Waals surface area contributed by atoms with Gasteiger partial charge >= 0.3 is 5.97 Å². The van der Waals surface area contributed by atoms with Crippen LogP contribution in [0.2, 0.25) is 0 Å². The molecule has 6 nitrogen and oxygen atoms in total. The van der Waals surface area contributed by atoms with Crippen molar-refractivity contribution in [2.75, 3.05) is 6.61 Å². The van der Waals surface area contributed by atoms with Gasteiger partial charge in [-0.3, -0.25) is 14.4 Å². The van der Waals surface area contributed by atoms with Gasteiger partial charge in [0.25, 0.3) is 0 Å². The Morgan fingerprint density at radius 1 is 1.30 bits per heavy atom. The van der Waals surface area contributed by atoms with Gasteiger partial charge in [-0.15, -0.1) is 23.2 Å². The first-order valence-corrected chi connectivity index (χ1v) is 12.2. The molecule has 33 heavy (non-hydrogen) atoms. The van der Waals surface area contributed by atoms with Crippen molar-refractivity contribution in [1.29, 1.82) is 0 Å². The molecule has 8 heteroatoms.